The maximum absolute atomic E-state index is 8.88. The molecular weight excluding hydrogens is 263 g/mol. The van der Waals surface area contributed by atoms with Gasteiger partial charge in [0.05, 0.1) is 0 Å². The van der Waals surface area contributed by atoms with E-state index in [0.29, 0.717) is 0 Å². The molecule has 19 heavy (non-hydrogen) atoms. The van der Waals surface area contributed by atoms with Crippen LogP contribution in [0, 0.1) is 0 Å². The van der Waals surface area contributed by atoms with Gasteiger partial charge in [0.15, 0.2) is 0 Å². The molecule has 0 spiro atoms. The number of hydrogen-bond acceptors (Lipinski definition) is 1. The average molecular weight is 278 g/mol. The first-order chi connectivity index (χ1) is 8.95. The first kappa shape index (κ1) is 15.3. The van der Waals surface area contributed by atoms with Gasteiger partial charge in [-0.3, -0.25) is 0 Å². The van der Waals surface area contributed by atoms with Gasteiger partial charge in [0.1, 0.15) is 0 Å². The largest absolute Gasteiger partial charge is 0.466 e. The maximum Gasteiger partial charge on any atom is 0.466 e. The third kappa shape index (κ3) is 8.94. The van der Waals surface area contributed by atoms with Crippen LogP contribution >= 0.6 is 7.82 Å². The lowest BCUT2D eigenvalue weighted by Gasteiger charge is -1.92. The molecule has 0 aliphatic carbocycles. The minimum absolute atomic E-state index is 1.23. The Morgan fingerprint density at radius 3 is 1.21 bits per heavy atom. The minimum atomic E-state index is -4.64. The second-order valence-corrected chi connectivity index (χ2v) is 4.69. The van der Waals surface area contributed by atoms with Gasteiger partial charge in [-0.2, -0.15) is 0 Å². The summed E-state index contributed by atoms with van der Waals surface area (Å²) in [6.45, 7) is 0. The molecule has 3 N–H and O–H groups in total. The Bertz CT molecular complexity index is 496. The summed E-state index contributed by atoms with van der Waals surface area (Å²) in [5.41, 5.74) is 2.47. The van der Waals surface area contributed by atoms with Crippen LogP contribution in [-0.2, 0) is 4.57 Å². The normalized spacial score (nSPS) is 10.9. The highest BCUT2D eigenvalue weighted by Crippen LogP contribution is 2.25. The van der Waals surface area contributed by atoms with Crippen molar-refractivity contribution >= 4 is 20.0 Å². The smallest absolute Gasteiger partial charge is 0.303 e. The SMILES string of the molecule is C(=Cc1ccccc1)c1ccccc1.O=P(O)(O)O. The van der Waals surface area contributed by atoms with E-state index < -0.39 is 7.82 Å². The van der Waals surface area contributed by atoms with Crippen molar-refractivity contribution in [2.24, 2.45) is 0 Å². The molecule has 2 aromatic carbocycles. The lowest BCUT2D eigenvalue weighted by Crippen LogP contribution is -1.70. The van der Waals surface area contributed by atoms with E-state index in [1.807, 2.05) is 36.4 Å². The highest BCUT2D eigenvalue weighted by atomic mass is 31.2. The van der Waals surface area contributed by atoms with Gasteiger partial charge in [0.25, 0.3) is 0 Å². The zero-order chi connectivity index (χ0) is 14.1. The Labute approximate surface area is 111 Å². The van der Waals surface area contributed by atoms with E-state index in [1.165, 1.54) is 11.1 Å². The summed E-state index contributed by atoms with van der Waals surface area (Å²) in [5.74, 6) is 0. The Morgan fingerprint density at radius 1 is 0.684 bits per heavy atom. The van der Waals surface area contributed by atoms with Gasteiger partial charge in [-0.15, -0.1) is 0 Å². The Hall–Kier alpha value is -1.71. The van der Waals surface area contributed by atoms with E-state index in [-0.39, 0.29) is 0 Å². The van der Waals surface area contributed by atoms with Gasteiger partial charge in [0.2, 0.25) is 0 Å². The summed E-state index contributed by atoms with van der Waals surface area (Å²) in [6, 6.07) is 20.6. The predicted octanol–water partition coefficient (Wildman–Crippen LogP) is 2.93. The van der Waals surface area contributed by atoms with Crippen LogP contribution in [0.25, 0.3) is 12.2 Å². The molecule has 2 rings (SSSR count). The third-order valence-corrected chi connectivity index (χ3v) is 2.07. The fourth-order valence-electron chi connectivity index (χ4n) is 1.32. The zero-order valence-corrected chi connectivity index (χ0v) is 11.0. The molecule has 0 heterocycles. The summed E-state index contributed by atoms with van der Waals surface area (Å²) in [7, 11) is -4.64. The molecule has 0 atom stereocenters. The van der Waals surface area contributed by atoms with E-state index in [1.54, 1.807) is 0 Å². The van der Waals surface area contributed by atoms with E-state index in [4.69, 9.17) is 19.2 Å². The Kier molecular flexibility index (Phi) is 6.19. The van der Waals surface area contributed by atoms with Gasteiger partial charge in [-0.05, 0) is 11.1 Å². The minimum Gasteiger partial charge on any atom is -0.303 e. The molecule has 0 unspecified atom stereocenters. The quantitative estimate of drug-likeness (QED) is 0.583. The van der Waals surface area contributed by atoms with E-state index in [9.17, 15) is 0 Å². The molecule has 0 bridgehead atoms. The number of benzene rings is 2. The van der Waals surface area contributed by atoms with Crippen LogP contribution < -0.4 is 0 Å². The summed E-state index contributed by atoms with van der Waals surface area (Å²) in [5, 5.41) is 0. The van der Waals surface area contributed by atoms with Crippen LogP contribution in [0.2, 0.25) is 0 Å². The third-order valence-electron chi connectivity index (χ3n) is 2.07. The molecule has 5 heteroatoms. The first-order valence-electron chi connectivity index (χ1n) is 5.51. The fourth-order valence-corrected chi connectivity index (χ4v) is 1.32. The van der Waals surface area contributed by atoms with E-state index in [0.717, 1.165) is 0 Å². The van der Waals surface area contributed by atoms with Crippen molar-refractivity contribution in [2.45, 2.75) is 0 Å². The molecule has 2 aromatic rings. The first-order valence-corrected chi connectivity index (χ1v) is 7.08. The van der Waals surface area contributed by atoms with Crippen molar-refractivity contribution in [3.05, 3.63) is 71.8 Å². The van der Waals surface area contributed by atoms with Crippen LogP contribution in [0.5, 0.6) is 0 Å². The van der Waals surface area contributed by atoms with Crippen molar-refractivity contribution in [3.63, 3.8) is 0 Å². The fraction of sp³-hybridized carbons (Fsp3) is 0. The van der Waals surface area contributed by atoms with Crippen LogP contribution in [0.1, 0.15) is 11.1 Å². The van der Waals surface area contributed by atoms with Gasteiger partial charge in [-0.25, -0.2) is 4.57 Å². The molecule has 0 radical (unpaired) electrons. The number of hydrogen-bond donors (Lipinski definition) is 3. The van der Waals surface area contributed by atoms with Crippen LogP contribution in [0.15, 0.2) is 60.7 Å². The Balaban J connectivity index is 0.000000312. The summed E-state index contributed by atoms with van der Waals surface area (Å²) in [6.07, 6.45) is 4.24. The molecule has 0 fully saturated rings. The maximum atomic E-state index is 8.88. The zero-order valence-electron chi connectivity index (χ0n) is 10.1. The standard InChI is InChI=1S/C14H12.H3O4P/c1-3-7-13(8-4-1)11-12-14-9-5-2-6-10-14;1-5(2,3)4/h1-12H;(H3,1,2,3,4). The molecule has 0 aromatic heterocycles. The van der Waals surface area contributed by atoms with Crippen LogP contribution in [0.4, 0.5) is 0 Å². The second kappa shape index (κ2) is 7.67. The number of phosphoric acid groups is 1. The van der Waals surface area contributed by atoms with Gasteiger partial charge >= 0.3 is 7.82 Å². The summed E-state index contributed by atoms with van der Waals surface area (Å²) >= 11 is 0. The highest BCUT2D eigenvalue weighted by molar-refractivity contribution is 7.45. The lowest BCUT2D eigenvalue weighted by atomic mass is 10.1. The van der Waals surface area contributed by atoms with Gasteiger partial charge < -0.3 is 14.7 Å². The van der Waals surface area contributed by atoms with Crippen LogP contribution in [-0.4, -0.2) is 14.7 Å². The van der Waals surface area contributed by atoms with E-state index in [2.05, 4.69) is 36.4 Å². The molecule has 4 nitrogen and oxygen atoms in total. The molecule has 0 aliphatic rings. The van der Waals surface area contributed by atoms with Gasteiger partial charge in [0, 0.05) is 0 Å². The molecular formula is C14H15O4P. The van der Waals surface area contributed by atoms with Crippen molar-refractivity contribution in [2.75, 3.05) is 0 Å². The van der Waals surface area contributed by atoms with Gasteiger partial charge in [-0.1, -0.05) is 72.8 Å². The number of rotatable bonds is 2. The molecule has 0 saturated carbocycles. The van der Waals surface area contributed by atoms with Crippen molar-refractivity contribution in [1.29, 1.82) is 0 Å². The monoisotopic (exact) mass is 278 g/mol. The average Bonchev–Trinajstić information content (AvgIpc) is 2.37. The van der Waals surface area contributed by atoms with Crippen LogP contribution in [0.3, 0.4) is 0 Å². The lowest BCUT2D eigenvalue weighted by molar-refractivity contribution is 0.275. The summed E-state index contributed by atoms with van der Waals surface area (Å²) in [4.78, 5) is 21.6. The molecule has 100 valence electrons. The summed E-state index contributed by atoms with van der Waals surface area (Å²) < 4.78 is 8.88. The second-order valence-electron chi connectivity index (χ2n) is 3.67. The molecule has 0 amide bonds. The molecule has 0 aliphatic heterocycles. The Morgan fingerprint density at radius 2 is 0.947 bits per heavy atom. The predicted molar refractivity (Wildman–Crippen MR) is 76.1 cm³/mol. The topological polar surface area (TPSA) is 77.8 Å². The van der Waals surface area contributed by atoms with E-state index >= 15 is 0 Å². The molecule has 0 saturated heterocycles. The highest BCUT2D eigenvalue weighted by Gasteiger charge is 2.00. The van der Waals surface area contributed by atoms with Crippen molar-refractivity contribution in [1.82, 2.24) is 0 Å². The van der Waals surface area contributed by atoms with Crippen molar-refractivity contribution in [3.8, 4) is 0 Å². The van der Waals surface area contributed by atoms with Crippen molar-refractivity contribution < 1.29 is 19.2 Å².